The van der Waals surface area contributed by atoms with Crippen LogP contribution in [-0.2, 0) is 4.79 Å². The fourth-order valence-corrected chi connectivity index (χ4v) is 2.55. The Balaban J connectivity index is 2.50. The number of aryl methyl sites for hydroxylation is 1. The van der Waals surface area contributed by atoms with Gasteiger partial charge >= 0.3 is 0 Å². The number of hydrogen-bond donors (Lipinski definition) is 0. The molecular weight excluding hydrogens is 250 g/mol. The maximum Gasteiger partial charge on any atom is 0.154 e. The first-order valence-corrected chi connectivity index (χ1v) is 6.49. The molecule has 0 amide bonds. The lowest BCUT2D eigenvalue weighted by Crippen LogP contribution is -2.04. The third kappa shape index (κ3) is 2.25. The lowest BCUT2D eigenvalue weighted by molar-refractivity contribution is -0.108. The monoisotopic (exact) mass is 265 g/mol. The standard InChI is InChI=1S/C13H16ClN3O/c1-3-10(5-4-8-18)13-16-9(2)11-12(14)15-6-7-17(11)13/h6-8,10H,3-5H2,1-2H3. The first-order chi connectivity index (χ1) is 8.69. The molecule has 0 fully saturated rings. The maximum absolute atomic E-state index is 10.5. The van der Waals surface area contributed by atoms with Crippen LogP contribution in [0.15, 0.2) is 12.4 Å². The van der Waals surface area contributed by atoms with E-state index >= 15 is 0 Å². The molecule has 0 aromatic carbocycles. The average Bonchev–Trinajstić information content (AvgIpc) is 2.70. The van der Waals surface area contributed by atoms with Crippen molar-refractivity contribution >= 4 is 23.4 Å². The van der Waals surface area contributed by atoms with Gasteiger partial charge in [0.15, 0.2) is 5.15 Å². The highest BCUT2D eigenvalue weighted by Crippen LogP contribution is 2.28. The van der Waals surface area contributed by atoms with Gasteiger partial charge in [0, 0.05) is 24.7 Å². The molecule has 0 saturated heterocycles. The van der Waals surface area contributed by atoms with E-state index in [0.717, 1.165) is 36.2 Å². The van der Waals surface area contributed by atoms with Gasteiger partial charge in [-0.25, -0.2) is 9.97 Å². The van der Waals surface area contributed by atoms with E-state index < -0.39 is 0 Å². The van der Waals surface area contributed by atoms with Crippen LogP contribution in [0.2, 0.25) is 5.15 Å². The van der Waals surface area contributed by atoms with Crippen LogP contribution in [0, 0.1) is 6.92 Å². The van der Waals surface area contributed by atoms with Crippen molar-refractivity contribution in [3.63, 3.8) is 0 Å². The molecule has 0 aliphatic rings. The molecule has 0 aliphatic heterocycles. The average molecular weight is 266 g/mol. The number of carbonyl (C=O) groups excluding carboxylic acids is 1. The zero-order valence-electron chi connectivity index (χ0n) is 10.6. The van der Waals surface area contributed by atoms with Crippen molar-refractivity contribution in [3.05, 3.63) is 29.1 Å². The third-order valence-corrected chi connectivity index (χ3v) is 3.48. The molecule has 0 radical (unpaired) electrons. The van der Waals surface area contributed by atoms with Gasteiger partial charge in [-0.05, 0) is 19.8 Å². The second-order valence-corrected chi connectivity index (χ2v) is 4.70. The largest absolute Gasteiger partial charge is 0.303 e. The second kappa shape index (κ2) is 5.48. The Morgan fingerprint density at radius 2 is 2.33 bits per heavy atom. The van der Waals surface area contributed by atoms with Crippen LogP contribution in [0.5, 0.6) is 0 Å². The zero-order chi connectivity index (χ0) is 13.1. The molecule has 0 aliphatic carbocycles. The third-order valence-electron chi connectivity index (χ3n) is 3.20. The van der Waals surface area contributed by atoms with Crippen molar-refractivity contribution in [2.75, 3.05) is 0 Å². The Bertz CT molecular complexity index is 565. The van der Waals surface area contributed by atoms with E-state index in [-0.39, 0.29) is 5.92 Å². The Morgan fingerprint density at radius 1 is 1.56 bits per heavy atom. The number of aldehydes is 1. The SMILES string of the molecule is CCC(CCC=O)c1nc(C)c2c(Cl)nccn12. The van der Waals surface area contributed by atoms with Crippen LogP contribution in [0.4, 0.5) is 0 Å². The van der Waals surface area contributed by atoms with Crippen LogP contribution in [0.1, 0.15) is 43.6 Å². The van der Waals surface area contributed by atoms with Gasteiger partial charge in [0.05, 0.1) is 5.69 Å². The van der Waals surface area contributed by atoms with Gasteiger partial charge < -0.3 is 4.79 Å². The predicted molar refractivity (Wildman–Crippen MR) is 71.1 cm³/mol. The first-order valence-electron chi connectivity index (χ1n) is 6.11. The second-order valence-electron chi connectivity index (χ2n) is 4.34. The minimum Gasteiger partial charge on any atom is -0.303 e. The molecule has 2 rings (SSSR count). The number of fused-ring (bicyclic) bond motifs is 1. The van der Waals surface area contributed by atoms with Crippen molar-refractivity contribution in [3.8, 4) is 0 Å². The minimum absolute atomic E-state index is 0.273. The Hall–Kier alpha value is -1.42. The van der Waals surface area contributed by atoms with E-state index in [1.165, 1.54) is 0 Å². The minimum atomic E-state index is 0.273. The Kier molecular flexibility index (Phi) is 3.97. The summed E-state index contributed by atoms with van der Waals surface area (Å²) in [6.45, 7) is 4.04. The smallest absolute Gasteiger partial charge is 0.154 e. The molecular formula is C13H16ClN3O. The molecule has 2 heterocycles. The summed E-state index contributed by atoms with van der Waals surface area (Å²) in [7, 11) is 0. The van der Waals surface area contributed by atoms with E-state index in [1.807, 2.05) is 17.5 Å². The van der Waals surface area contributed by atoms with Gasteiger partial charge in [0.2, 0.25) is 0 Å². The van der Waals surface area contributed by atoms with E-state index in [9.17, 15) is 4.79 Å². The number of aromatic nitrogens is 3. The summed E-state index contributed by atoms with van der Waals surface area (Å²) in [4.78, 5) is 19.2. The van der Waals surface area contributed by atoms with Gasteiger partial charge in [0.25, 0.3) is 0 Å². The number of rotatable bonds is 5. The number of imidazole rings is 1. The summed E-state index contributed by atoms with van der Waals surface area (Å²) in [5.41, 5.74) is 1.74. The van der Waals surface area contributed by atoms with Gasteiger partial charge in [0.1, 0.15) is 17.6 Å². The molecule has 1 atom stereocenters. The quantitative estimate of drug-likeness (QED) is 0.780. The summed E-state index contributed by atoms with van der Waals surface area (Å²) >= 11 is 6.10. The molecule has 1 unspecified atom stereocenters. The highest BCUT2D eigenvalue weighted by atomic mass is 35.5. The number of halogens is 1. The van der Waals surface area contributed by atoms with Crippen LogP contribution in [0.3, 0.4) is 0 Å². The molecule has 0 spiro atoms. The molecule has 96 valence electrons. The highest BCUT2D eigenvalue weighted by Gasteiger charge is 2.18. The van der Waals surface area contributed by atoms with E-state index in [4.69, 9.17) is 11.6 Å². The normalized spacial score (nSPS) is 12.8. The van der Waals surface area contributed by atoms with Gasteiger partial charge in [-0.1, -0.05) is 18.5 Å². The van der Waals surface area contributed by atoms with Crippen molar-refractivity contribution < 1.29 is 4.79 Å². The topological polar surface area (TPSA) is 47.3 Å². The highest BCUT2D eigenvalue weighted by molar-refractivity contribution is 6.32. The number of hydrogen-bond acceptors (Lipinski definition) is 3. The van der Waals surface area contributed by atoms with Gasteiger partial charge in [-0.2, -0.15) is 0 Å². The summed E-state index contributed by atoms with van der Waals surface area (Å²) in [6, 6.07) is 0. The fraction of sp³-hybridized carbons (Fsp3) is 0.462. The molecule has 0 bridgehead atoms. The van der Waals surface area contributed by atoms with E-state index in [2.05, 4.69) is 16.9 Å². The lowest BCUT2D eigenvalue weighted by Gasteiger charge is -2.12. The van der Waals surface area contributed by atoms with Crippen LogP contribution in [0.25, 0.3) is 5.52 Å². The van der Waals surface area contributed by atoms with E-state index in [1.54, 1.807) is 6.20 Å². The maximum atomic E-state index is 10.5. The molecule has 0 N–H and O–H groups in total. The Labute approximate surface area is 111 Å². The summed E-state index contributed by atoms with van der Waals surface area (Å²) in [6.07, 6.45) is 6.84. The predicted octanol–water partition coefficient (Wildman–Crippen LogP) is 3.16. The fourth-order valence-electron chi connectivity index (χ4n) is 2.27. The molecule has 18 heavy (non-hydrogen) atoms. The van der Waals surface area contributed by atoms with Crippen LogP contribution >= 0.6 is 11.6 Å². The zero-order valence-corrected chi connectivity index (χ0v) is 11.3. The van der Waals surface area contributed by atoms with Crippen LogP contribution in [-0.4, -0.2) is 20.7 Å². The van der Waals surface area contributed by atoms with Crippen molar-refractivity contribution in [2.45, 2.75) is 39.0 Å². The molecule has 4 nitrogen and oxygen atoms in total. The Morgan fingerprint density at radius 3 is 3.00 bits per heavy atom. The van der Waals surface area contributed by atoms with Crippen molar-refractivity contribution in [2.24, 2.45) is 0 Å². The first kappa shape index (κ1) is 13.0. The summed E-state index contributed by atoms with van der Waals surface area (Å²) in [5.74, 6) is 1.24. The van der Waals surface area contributed by atoms with Crippen LogP contribution < -0.4 is 0 Å². The number of carbonyl (C=O) groups is 1. The molecule has 5 heteroatoms. The van der Waals surface area contributed by atoms with Crippen molar-refractivity contribution in [1.29, 1.82) is 0 Å². The molecule has 0 saturated carbocycles. The summed E-state index contributed by atoms with van der Waals surface area (Å²) < 4.78 is 1.99. The van der Waals surface area contributed by atoms with Crippen molar-refractivity contribution in [1.82, 2.24) is 14.4 Å². The lowest BCUT2D eigenvalue weighted by atomic mass is 10.00. The van der Waals surface area contributed by atoms with E-state index in [0.29, 0.717) is 11.6 Å². The molecule has 2 aromatic heterocycles. The molecule has 2 aromatic rings. The van der Waals surface area contributed by atoms with Gasteiger partial charge in [-0.3, -0.25) is 4.40 Å². The number of nitrogens with zero attached hydrogens (tertiary/aromatic N) is 3. The summed E-state index contributed by atoms with van der Waals surface area (Å²) in [5, 5.41) is 0.471. The van der Waals surface area contributed by atoms with Gasteiger partial charge in [-0.15, -0.1) is 0 Å².